The molecule has 4 aromatic rings. The third-order valence-corrected chi connectivity index (χ3v) is 6.18. The van der Waals surface area contributed by atoms with Gasteiger partial charge >= 0.3 is 0 Å². The number of fused-ring (bicyclic) bond motifs is 1. The number of hydrogen-bond acceptors (Lipinski definition) is 5. The molecule has 1 unspecified atom stereocenters. The number of amides is 2. The molecular weight excluding hydrogens is 480 g/mol. The van der Waals surface area contributed by atoms with Crippen LogP contribution in [0.2, 0.25) is 0 Å². The third kappa shape index (κ3) is 5.35. The molecule has 1 aromatic heterocycles. The van der Waals surface area contributed by atoms with Gasteiger partial charge in [-0.2, -0.15) is 0 Å². The lowest BCUT2D eigenvalue weighted by molar-refractivity contribution is -0.130. The molecule has 1 aliphatic heterocycles. The normalized spacial score (nSPS) is 14.7. The monoisotopic (exact) mass is 503 g/mol. The van der Waals surface area contributed by atoms with Crippen LogP contribution in [0, 0.1) is 11.6 Å². The summed E-state index contributed by atoms with van der Waals surface area (Å²) in [6.07, 6.45) is 1.92. The molecule has 0 fully saturated rings. The summed E-state index contributed by atoms with van der Waals surface area (Å²) in [6.45, 7) is 2.05. The number of nitrogens with zero attached hydrogens (tertiary/aromatic N) is 2. The lowest BCUT2D eigenvalue weighted by atomic mass is 9.88. The first-order valence-corrected chi connectivity index (χ1v) is 11.7. The second kappa shape index (κ2) is 10.2. The van der Waals surface area contributed by atoms with Gasteiger partial charge in [0.05, 0.1) is 6.04 Å². The van der Waals surface area contributed by atoms with Gasteiger partial charge in [0, 0.05) is 19.2 Å². The van der Waals surface area contributed by atoms with Crippen LogP contribution in [-0.2, 0) is 17.8 Å². The molecule has 188 valence electrons. The number of hydrogen-bond donors (Lipinski definition) is 1. The number of benzene rings is 3. The molecule has 5 rings (SSSR count). The molecule has 0 saturated carbocycles. The first-order valence-electron chi connectivity index (χ1n) is 11.7. The van der Waals surface area contributed by atoms with E-state index in [0.717, 1.165) is 16.7 Å². The van der Waals surface area contributed by atoms with Crippen molar-refractivity contribution in [2.45, 2.75) is 26.0 Å². The average Bonchev–Trinajstić information content (AvgIpc) is 3.38. The Morgan fingerprint density at radius 2 is 1.76 bits per heavy atom. The summed E-state index contributed by atoms with van der Waals surface area (Å²) >= 11 is 0. The lowest BCUT2D eigenvalue weighted by Gasteiger charge is -2.37. The molecule has 0 spiro atoms. The largest absolute Gasteiger partial charge is 0.484 e. The molecule has 37 heavy (non-hydrogen) atoms. The van der Waals surface area contributed by atoms with Gasteiger partial charge in [-0.15, -0.1) is 0 Å². The number of oxazole rings is 1. The Bertz CT molecular complexity index is 1430. The van der Waals surface area contributed by atoms with Gasteiger partial charge in [-0.3, -0.25) is 9.59 Å². The zero-order valence-electron chi connectivity index (χ0n) is 19.9. The fourth-order valence-electron chi connectivity index (χ4n) is 4.38. The Morgan fingerprint density at radius 1 is 1.05 bits per heavy atom. The maximum absolute atomic E-state index is 13.6. The maximum atomic E-state index is 13.6. The highest BCUT2D eigenvalue weighted by Crippen LogP contribution is 2.37. The molecule has 1 atom stereocenters. The molecule has 3 aromatic carbocycles. The van der Waals surface area contributed by atoms with Crippen LogP contribution in [0.25, 0.3) is 0 Å². The van der Waals surface area contributed by atoms with Gasteiger partial charge in [-0.05, 0) is 71.6 Å². The van der Waals surface area contributed by atoms with Crippen LogP contribution in [0.5, 0.6) is 5.75 Å². The molecule has 7 nitrogen and oxygen atoms in total. The van der Waals surface area contributed by atoms with Gasteiger partial charge in [-0.1, -0.05) is 18.2 Å². The van der Waals surface area contributed by atoms with Crippen molar-refractivity contribution in [1.29, 1.82) is 0 Å². The molecule has 0 bridgehead atoms. The van der Waals surface area contributed by atoms with E-state index in [4.69, 9.17) is 9.15 Å². The van der Waals surface area contributed by atoms with E-state index >= 15 is 0 Å². The van der Waals surface area contributed by atoms with Crippen LogP contribution in [-0.4, -0.2) is 28.2 Å². The van der Waals surface area contributed by atoms with Crippen LogP contribution >= 0.6 is 0 Å². The third-order valence-electron chi connectivity index (χ3n) is 6.18. The standard InChI is InChI=1S/C28H23F2N3O4/c1-17(34)33-13-12-18-4-11-23(14-24(18)27(33)19-2-5-20(29)6-3-19)36-16-26-32-25(15-37-26)28(35)31-22-9-7-21(30)8-10-22/h2-11,14-15,27H,12-13,16H2,1H3,(H,31,35). The van der Waals surface area contributed by atoms with Crippen molar-refractivity contribution in [2.75, 3.05) is 11.9 Å². The van der Waals surface area contributed by atoms with E-state index in [9.17, 15) is 18.4 Å². The molecular formula is C28H23F2N3O4. The van der Waals surface area contributed by atoms with Gasteiger partial charge in [0.1, 0.15) is 23.6 Å². The molecule has 2 heterocycles. The molecule has 2 amide bonds. The van der Waals surface area contributed by atoms with Gasteiger partial charge in [0.15, 0.2) is 12.3 Å². The molecule has 9 heteroatoms. The van der Waals surface area contributed by atoms with Crippen LogP contribution in [0.15, 0.2) is 77.4 Å². The topological polar surface area (TPSA) is 84.7 Å². The van der Waals surface area contributed by atoms with Crippen LogP contribution in [0.1, 0.15) is 46.0 Å². The van der Waals surface area contributed by atoms with E-state index in [0.29, 0.717) is 24.4 Å². The van der Waals surface area contributed by atoms with Gasteiger partial charge in [0.25, 0.3) is 5.91 Å². The Hall–Kier alpha value is -4.53. The van der Waals surface area contributed by atoms with Crippen molar-refractivity contribution in [3.63, 3.8) is 0 Å². The van der Waals surface area contributed by atoms with Gasteiger partial charge < -0.3 is 19.4 Å². The number of ether oxygens (including phenoxy) is 1. The number of rotatable bonds is 6. The average molecular weight is 504 g/mol. The van der Waals surface area contributed by atoms with Crippen molar-refractivity contribution in [2.24, 2.45) is 0 Å². The van der Waals surface area contributed by atoms with Crippen molar-refractivity contribution in [3.05, 3.63) is 113 Å². The zero-order chi connectivity index (χ0) is 25.9. The fourth-order valence-corrected chi connectivity index (χ4v) is 4.38. The zero-order valence-corrected chi connectivity index (χ0v) is 19.9. The molecule has 0 aliphatic carbocycles. The lowest BCUT2D eigenvalue weighted by Crippen LogP contribution is -2.39. The first kappa shape index (κ1) is 24.2. The molecule has 1 N–H and O–H groups in total. The number of anilines is 1. The minimum absolute atomic E-state index is 0.0275. The second-order valence-electron chi connectivity index (χ2n) is 8.65. The molecule has 0 radical (unpaired) electrons. The predicted molar refractivity (Wildman–Crippen MR) is 131 cm³/mol. The van der Waals surface area contributed by atoms with Crippen molar-refractivity contribution in [3.8, 4) is 5.75 Å². The van der Waals surface area contributed by atoms with Gasteiger partial charge in [-0.25, -0.2) is 13.8 Å². The Balaban J connectivity index is 1.31. The number of carbonyl (C=O) groups is 2. The van der Waals surface area contributed by atoms with E-state index in [2.05, 4.69) is 10.3 Å². The highest BCUT2D eigenvalue weighted by molar-refractivity contribution is 6.02. The summed E-state index contributed by atoms with van der Waals surface area (Å²) < 4.78 is 37.9. The Labute approximate surface area is 211 Å². The number of nitrogens with one attached hydrogen (secondary N) is 1. The number of aromatic nitrogens is 1. The van der Waals surface area contributed by atoms with Crippen LogP contribution in [0.3, 0.4) is 0 Å². The summed E-state index contributed by atoms with van der Waals surface area (Å²) in [4.78, 5) is 30.7. The number of carbonyl (C=O) groups excluding carboxylic acids is 2. The van der Waals surface area contributed by atoms with Crippen LogP contribution in [0.4, 0.5) is 14.5 Å². The van der Waals surface area contributed by atoms with E-state index in [1.807, 2.05) is 18.2 Å². The number of halogens is 2. The second-order valence-corrected chi connectivity index (χ2v) is 8.65. The smallest absolute Gasteiger partial charge is 0.277 e. The molecule has 1 aliphatic rings. The highest BCUT2D eigenvalue weighted by Gasteiger charge is 2.31. The predicted octanol–water partition coefficient (Wildman–Crippen LogP) is 5.28. The minimum atomic E-state index is -0.498. The first-order chi connectivity index (χ1) is 17.9. The van der Waals surface area contributed by atoms with E-state index in [-0.39, 0.29) is 36.0 Å². The highest BCUT2D eigenvalue weighted by atomic mass is 19.1. The molecule has 0 saturated heterocycles. The summed E-state index contributed by atoms with van der Waals surface area (Å²) in [5.41, 5.74) is 3.27. The SMILES string of the molecule is CC(=O)N1CCc2ccc(OCc3nc(C(=O)Nc4ccc(F)cc4)co3)cc2C1c1ccc(F)cc1. The Morgan fingerprint density at radius 3 is 2.46 bits per heavy atom. The van der Waals surface area contributed by atoms with Gasteiger partial charge in [0.2, 0.25) is 11.8 Å². The summed E-state index contributed by atoms with van der Waals surface area (Å²) in [5.74, 6) is -0.587. The Kier molecular flexibility index (Phi) is 6.68. The summed E-state index contributed by atoms with van der Waals surface area (Å²) in [6, 6.07) is 16.8. The van der Waals surface area contributed by atoms with Crippen molar-refractivity contribution in [1.82, 2.24) is 9.88 Å². The van der Waals surface area contributed by atoms with Crippen molar-refractivity contribution < 1.29 is 27.5 Å². The minimum Gasteiger partial charge on any atom is -0.484 e. The van der Waals surface area contributed by atoms with E-state index in [1.54, 1.807) is 17.0 Å². The quantitative estimate of drug-likeness (QED) is 0.387. The summed E-state index contributed by atoms with van der Waals surface area (Å²) in [5, 5.41) is 2.62. The van der Waals surface area contributed by atoms with E-state index < -0.39 is 11.7 Å². The summed E-state index contributed by atoms with van der Waals surface area (Å²) in [7, 11) is 0. The van der Waals surface area contributed by atoms with E-state index in [1.165, 1.54) is 49.6 Å². The van der Waals surface area contributed by atoms with Crippen molar-refractivity contribution >= 4 is 17.5 Å². The fraction of sp³-hybridized carbons (Fsp3) is 0.179. The van der Waals surface area contributed by atoms with Crippen LogP contribution < -0.4 is 10.1 Å². The maximum Gasteiger partial charge on any atom is 0.277 e.